The van der Waals surface area contributed by atoms with E-state index in [9.17, 15) is 4.79 Å². The molecule has 0 bridgehead atoms. The van der Waals surface area contributed by atoms with Gasteiger partial charge in [0, 0.05) is 13.2 Å². The van der Waals surface area contributed by atoms with E-state index in [2.05, 4.69) is 5.32 Å². The lowest BCUT2D eigenvalue weighted by Crippen LogP contribution is -2.34. The van der Waals surface area contributed by atoms with Gasteiger partial charge < -0.3 is 15.2 Å². The average molecular weight is 189 g/mol. The van der Waals surface area contributed by atoms with Crippen LogP contribution >= 0.6 is 0 Å². The molecule has 0 amide bonds. The molecule has 4 heteroatoms. The van der Waals surface area contributed by atoms with E-state index in [4.69, 9.17) is 9.84 Å². The van der Waals surface area contributed by atoms with Crippen molar-refractivity contribution in [1.82, 2.24) is 5.32 Å². The maximum Gasteiger partial charge on any atom is 0.320 e. The Morgan fingerprint density at radius 3 is 2.77 bits per heavy atom. The molecule has 2 N–H and O–H groups in total. The molecule has 0 aliphatic heterocycles. The zero-order chi connectivity index (χ0) is 10.1. The van der Waals surface area contributed by atoms with Crippen LogP contribution in [-0.2, 0) is 9.53 Å². The predicted molar refractivity (Wildman–Crippen MR) is 50.8 cm³/mol. The molecule has 0 aromatic heterocycles. The predicted octanol–water partition coefficient (Wildman–Crippen LogP) is 0.866. The lowest BCUT2D eigenvalue weighted by molar-refractivity contribution is -0.138. The van der Waals surface area contributed by atoms with Crippen molar-refractivity contribution in [2.75, 3.05) is 19.8 Å². The second-order valence-electron chi connectivity index (χ2n) is 2.92. The van der Waals surface area contributed by atoms with Gasteiger partial charge in [-0.1, -0.05) is 0 Å². The Kier molecular flexibility index (Phi) is 7.63. The first-order chi connectivity index (χ1) is 6.18. The fourth-order valence-electron chi connectivity index (χ4n) is 0.879. The molecule has 0 aromatic carbocycles. The number of hydrogen-bond acceptors (Lipinski definition) is 3. The Bertz CT molecular complexity index is 139. The van der Waals surface area contributed by atoms with Gasteiger partial charge in [0.1, 0.15) is 6.04 Å². The molecule has 0 unspecified atom stereocenters. The van der Waals surface area contributed by atoms with Crippen LogP contribution < -0.4 is 5.32 Å². The number of unbranched alkanes of at least 4 members (excludes halogenated alkanes) is 1. The van der Waals surface area contributed by atoms with Crippen molar-refractivity contribution in [3.63, 3.8) is 0 Å². The number of hydrogen-bond donors (Lipinski definition) is 2. The Balaban J connectivity index is 3.11. The highest BCUT2D eigenvalue weighted by Crippen LogP contribution is 1.89. The molecule has 0 radical (unpaired) electrons. The zero-order valence-electron chi connectivity index (χ0n) is 8.38. The monoisotopic (exact) mass is 189 g/mol. The maximum atomic E-state index is 10.4. The van der Waals surface area contributed by atoms with Gasteiger partial charge in [0.2, 0.25) is 0 Å². The van der Waals surface area contributed by atoms with E-state index < -0.39 is 12.0 Å². The summed E-state index contributed by atoms with van der Waals surface area (Å²) in [6, 6.07) is -0.452. The first-order valence-electron chi connectivity index (χ1n) is 4.72. The summed E-state index contributed by atoms with van der Waals surface area (Å²) < 4.78 is 5.14. The minimum atomic E-state index is -0.801. The molecule has 4 nitrogen and oxygen atoms in total. The molecule has 13 heavy (non-hydrogen) atoms. The Morgan fingerprint density at radius 2 is 2.23 bits per heavy atom. The normalized spacial score (nSPS) is 12.8. The van der Waals surface area contributed by atoms with Crippen LogP contribution in [0.2, 0.25) is 0 Å². The van der Waals surface area contributed by atoms with E-state index in [0.717, 1.165) is 32.6 Å². The van der Waals surface area contributed by atoms with Crippen molar-refractivity contribution in [2.24, 2.45) is 0 Å². The SMILES string of the molecule is CCOCCCCN[C@@H](C)C(=O)O. The molecule has 0 aromatic rings. The lowest BCUT2D eigenvalue weighted by atomic mass is 10.3. The van der Waals surface area contributed by atoms with Crippen molar-refractivity contribution in [1.29, 1.82) is 0 Å². The molecule has 78 valence electrons. The minimum Gasteiger partial charge on any atom is -0.480 e. The lowest BCUT2D eigenvalue weighted by Gasteiger charge is -2.08. The van der Waals surface area contributed by atoms with Gasteiger partial charge in [-0.25, -0.2) is 0 Å². The number of carbonyl (C=O) groups is 1. The molecular formula is C9H19NO3. The summed E-state index contributed by atoms with van der Waals surface area (Å²) in [4.78, 5) is 10.4. The fraction of sp³-hybridized carbons (Fsp3) is 0.889. The number of carboxylic acid groups (broad SMARTS) is 1. The standard InChI is InChI=1S/C9H19NO3/c1-3-13-7-5-4-6-10-8(2)9(11)12/h8,10H,3-7H2,1-2H3,(H,11,12)/t8-/m0/s1. The van der Waals surface area contributed by atoms with E-state index in [-0.39, 0.29) is 0 Å². The van der Waals surface area contributed by atoms with Crippen molar-refractivity contribution < 1.29 is 14.6 Å². The third kappa shape index (κ3) is 7.74. The Hall–Kier alpha value is -0.610. The van der Waals surface area contributed by atoms with E-state index in [0.29, 0.717) is 0 Å². The summed E-state index contributed by atoms with van der Waals surface area (Å²) >= 11 is 0. The van der Waals surface area contributed by atoms with Gasteiger partial charge in [-0.3, -0.25) is 4.79 Å². The number of nitrogens with one attached hydrogen (secondary N) is 1. The largest absolute Gasteiger partial charge is 0.480 e. The van der Waals surface area contributed by atoms with Crippen molar-refractivity contribution in [3.8, 4) is 0 Å². The molecule has 0 heterocycles. The Morgan fingerprint density at radius 1 is 1.54 bits per heavy atom. The number of aliphatic carboxylic acids is 1. The highest BCUT2D eigenvalue weighted by atomic mass is 16.5. The van der Waals surface area contributed by atoms with Gasteiger partial charge >= 0.3 is 5.97 Å². The van der Waals surface area contributed by atoms with Gasteiger partial charge in [-0.05, 0) is 33.2 Å². The molecule has 0 aliphatic rings. The number of ether oxygens (including phenoxy) is 1. The highest BCUT2D eigenvalue weighted by Gasteiger charge is 2.07. The quantitative estimate of drug-likeness (QED) is 0.556. The number of carboxylic acids is 1. The first kappa shape index (κ1) is 12.4. The van der Waals surface area contributed by atoms with Crippen molar-refractivity contribution in [2.45, 2.75) is 32.7 Å². The summed E-state index contributed by atoms with van der Waals surface area (Å²) in [5, 5.41) is 11.4. The average Bonchev–Trinajstić information content (AvgIpc) is 2.10. The third-order valence-electron chi connectivity index (χ3n) is 1.74. The van der Waals surface area contributed by atoms with Crippen molar-refractivity contribution in [3.05, 3.63) is 0 Å². The van der Waals surface area contributed by atoms with E-state index in [1.165, 1.54) is 0 Å². The van der Waals surface area contributed by atoms with Crippen LogP contribution in [0, 0.1) is 0 Å². The van der Waals surface area contributed by atoms with Crippen LogP contribution in [0.4, 0.5) is 0 Å². The molecule has 1 atom stereocenters. The summed E-state index contributed by atoms with van der Waals surface area (Å²) in [5.41, 5.74) is 0. The van der Waals surface area contributed by atoms with Crippen LogP contribution in [0.25, 0.3) is 0 Å². The zero-order valence-corrected chi connectivity index (χ0v) is 8.38. The molecular weight excluding hydrogens is 170 g/mol. The maximum absolute atomic E-state index is 10.4. The molecule has 0 aliphatic carbocycles. The molecule has 0 saturated carbocycles. The fourth-order valence-corrected chi connectivity index (χ4v) is 0.879. The van der Waals surface area contributed by atoms with Crippen LogP contribution in [0.1, 0.15) is 26.7 Å². The summed E-state index contributed by atoms with van der Waals surface area (Å²) in [5.74, 6) is -0.801. The van der Waals surface area contributed by atoms with Gasteiger partial charge in [0.15, 0.2) is 0 Å². The highest BCUT2D eigenvalue weighted by molar-refractivity contribution is 5.72. The molecule has 0 rings (SSSR count). The summed E-state index contributed by atoms with van der Waals surface area (Å²) in [6.45, 7) is 5.86. The van der Waals surface area contributed by atoms with Crippen LogP contribution in [0.3, 0.4) is 0 Å². The Labute approximate surface area is 79.3 Å². The third-order valence-corrected chi connectivity index (χ3v) is 1.74. The van der Waals surface area contributed by atoms with Gasteiger partial charge in [-0.2, -0.15) is 0 Å². The van der Waals surface area contributed by atoms with Crippen LogP contribution in [0.5, 0.6) is 0 Å². The van der Waals surface area contributed by atoms with E-state index in [1.54, 1.807) is 6.92 Å². The topological polar surface area (TPSA) is 58.6 Å². The molecule has 0 spiro atoms. The van der Waals surface area contributed by atoms with Crippen molar-refractivity contribution >= 4 is 5.97 Å². The summed E-state index contributed by atoms with van der Waals surface area (Å²) in [7, 11) is 0. The van der Waals surface area contributed by atoms with E-state index >= 15 is 0 Å². The van der Waals surface area contributed by atoms with Gasteiger partial charge in [0.05, 0.1) is 0 Å². The summed E-state index contributed by atoms with van der Waals surface area (Å²) in [6.07, 6.45) is 1.94. The van der Waals surface area contributed by atoms with Crippen LogP contribution in [-0.4, -0.2) is 36.9 Å². The van der Waals surface area contributed by atoms with E-state index in [1.807, 2.05) is 6.92 Å². The first-order valence-corrected chi connectivity index (χ1v) is 4.72. The smallest absolute Gasteiger partial charge is 0.320 e. The van der Waals surface area contributed by atoms with Gasteiger partial charge in [-0.15, -0.1) is 0 Å². The second-order valence-corrected chi connectivity index (χ2v) is 2.92. The second kappa shape index (κ2) is 8.01. The number of rotatable bonds is 8. The van der Waals surface area contributed by atoms with Crippen LogP contribution in [0.15, 0.2) is 0 Å². The molecule has 0 fully saturated rings. The minimum absolute atomic E-state index is 0.452. The van der Waals surface area contributed by atoms with Gasteiger partial charge in [0.25, 0.3) is 0 Å². The molecule has 0 saturated heterocycles.